The number of benzene rings is 3. The SMILES string of the molecule is O=C(c1ccc2ccccc2c1)N(CCCn1ccnc1)c1nc2c(F)cccc2s1. The molecule has 2 heterocycles. The molecule has 0 aliphatic carbocycles. The van der Waals surface area contributed by atoms with Crippen molar-refractivity contribution in [3.63, 3.8) is 0 Å². The number of halogens is 1. The first-order valence-corrected chi connectivity index (χ1v) is 10.8. The summed E-state index contributed by atoms with van der Waals surface area (Å²) in [6, 6.07) is 18.5. The fourth-order valence-corrected chi connectivity index (χ4v) is 4.62. The molecule has 5 aromatic rings. The summed E-state index contributed by atoms with van der Waals surface area (Å²) in [6.45, 7) is 1.19. The average molecular weight is 431 g/mol. The lowest BCUT2D eigenvalue weighted by atomic mass is 10.1. The van der Waals surface area contributed by atoms with Crippen LogP contribution >= 0.6 is 11.3 Å². The monoisotopic (exact) mass is 430 g/mol. The lowest BCUT2D eigenvalue weighted by Gasteiger charge is -2.20. The second kappa shape index (κ2) is 8.28. The van der Waals surface area contributed by atoms with Crippen molar-refractivity contribution in [2.45, 2.75) is 13.0 Å². The van der Waals surface area contributed by atoms with E-state index in [1.54, 1.807) is 23.5 Å². The first kappa shape index (κ1) is 19.4. The number of amides is 1. The third kappa shape index (κ3) is 3.92. The Labute approximate surface area is 182 Å². The Bertz CT molecular complexity index is 1360. The van der Waals surface area contributed by atoms with Crippen molar-refractivity contribution in [1.29, 1.82) is 0 Å². The van der Waals surface area contributed by atoms with E-state index >= 15 is 0 Å². The van der Waals surface area contributed by atoms with Crippen molar-refractivity contribution in [3.8, 4) is 0 Å². The molecule has 0 N–H and O–H groups in total. The third-order valence-electron chi connectivity index (χ3n) is 5.19. The van der Waals surface area contributed by atoms with Gasteiger partial charge in [-0.15, -0.1) is 0 Å². The highest BCUT2D eigenvalue weighted by Crippen LogP contribution is 2.31. The first-order valence-electron chi connectivity index (χ1n) is 10.0. The second-order valence-electron chi connectivity index (χ2n) is 7.26. The minimum absolute atomic E-state index is 0.143. The van der Waals surface area contributed by atoms with E-state index < -0.39 is 0 Å². The van der Waals surface area contributed by atoms with Crippen LogP contribution in [0.15, 0.2) is 79.4 Å². The number of nitrogens with zero attached hydrogens (tertiary/aromatic N) is 4. The summed E-state index contributed by atoms with van der Waals surface area (Å²) in [5.74, 6) is -0.521. The number of para-hydroxylation sites is 1. The maximum Gasteiger partial charge on any atom is 0.260 e. The van der Waals surface area contributed by atoms with Crippen LogP contribution in [-0.4, -0.2) is 27.0 Å². The molecule has 0 atom stereocenters. The number of carbonyl (C=O) groups excluding carboxylic acids is 1. The minimum Gasteiger partial charge on any atom is -0.337 e. The zero-order valence-corrected chi connectivity index (χ0v) is 17.4. The molecule has 0 unspecified atom stereocenters. The summed E-state index contributed by atoms with van der Waals surface area (Å²) < 4.78 is 16.9. The van der Waals surface area contributed by atoms with E-state index in [-0.39, 0.29) is 11.7 Å². The van der Waals surface area contributed by atoms with E-state index in [1.807, 2.05) is 59.3 Å². The van der Waals surface area contributed by atoms with Crippen LogP contribution in [-0.2, 0) is 6.54 Å². The smallest absolute Gasteiger partial charge is 0.260 e. The molecule has 1 amide bonds. The Balaban J connectivity index is 1.49. The molecule has 31 heavy (non-hydrogen) atoms. The van der Waals surface area contributed by atoms with Gasteiger partial charge in [-0.25, -0.2) is 14.4 Å². The van der Waals surface area contributed by atoms with Crippen LogP contribution in [0.5, 0.6) is 0 Å². The van der Waals surface area contributed by atoms with Gasteiger partial charge in [0.2, 0.25) is 0 Å². The van der Waals surface area contributed by atoms with E-state index in [2.05, 4.69) is 9.97 Å². The summed E-state index contributed by atoms with van der Waals surface area (Å²) in [5.41, 5.74) is 0.884. The van der Waals surface area contributed by atoms with Crippen molar-refractivity contribution in [2.75, 3.05) is 11.4 Å². The molecule has 0 aliphatic heterocycles. The summed E-state index contributed by atoms with van der Waals surface area (Å²) in [4.78, 5) is 23.7. The average Bonchev–Trinajstić information content (AvgIpc) is 3.46. The lowest BCUT2D eigenvalue weighted by molar-refractivity contribution is 0.0986. The van der Waals surface area contributed by atoms with Gasteiger partial charge in [0.25, 0.3) is 5.91 Å². The van der Waals surface area contributed by atoms with Crippen molar-refractivity contribution < 1.29 is 9.18 Å². The van der Waals surface area contributed by atoms with Gasteiger partial charge < -0.3 is 4.57 Å². The van der Waals surface area contributed by atoms with E-state index in [0.29, 0.717) is 29.2 Å². The maximum absolute atomic E-state index is 14.2. The molecule has 0 saturated heterocycles. The highest BCUT2D eigenvalue weighted by atomic mass is 32.1. The number of aromatic nitrogens is 3. The Morgan fingerprint density at radius 3 is 2.74 bits per heavy atom. The van der Waals surface area contributed by atoms with Crippen molar-refractivity contribution in [1.82, 2.24) is 14.5 Å². The second-order valence-corrected chi connectivity index (χ2v) is 8.26. The molecule has 0 radical (unpaired) electrons. The maximum atomic E-state index is 14.2. The molecule has 0 saturated carbocycles. The van der Waals surface area contributed by atoms with Crippen LogP contribution in [0.3, 0.4) is 0 Å². The van der Waals surface area contributed by atoms with E-state index in [4.69, 9.17) is 0 Å². The topological polar surface area (TPSA) is 51.0 Å². The highest BCUT2D eigenvalue weighted by Gasteiger charge is 2.22. The van der Waals surface area contributed by atoms with Gasteiger partial charge in [0, 0.05) is 31.0 Å². The molecule has 2 aromatic heterocycles. The fraction of sp³-hybridized carbons (Fsp3) is 0.125. The van der Waals surface area contributed by atoms with E-state index in [1.165, 1.54) is 17.4 Å². The Kier molecular flexibility index (Phi) is 5.18. The molecule has 0 bridgehead atoms. The number of hydrogen-bond donors (Lipinski definition) is 0. The molecule has 5 nitrogen and oxygen atoms in total. The standard InChI is InChI=1S/C24H19FN4OS/c25-20-7-3-8-21-22(20)27-24(31-21)29(13-4-12-28-14-11-26-16-28)23(30)19-10-9-17-5-1-2-6-18(17)15-19/h1-3,5-11,14-16H,4,12-13H2. The van der Waals surface area contributed by atoms with Crippen LogP contribution < -0.4 is 4.90 Å². The fourth-order valence-electron chi connectivity index (χ4n) is 3.61. The van der Waals surface area contributed by atoms with E-state index in [9.17, 15) is 9.18 Å². The highest BCUT2D eigenvalue weighted by molar-refractivity contribution is 7.22. The number of aryl methyl sites for hydroxylation is 1. The predicted molar refractivity (Wildman–Crippen MR) is 122 cm³/mol. The van der Waals surface area contributed by atoms with Crippen LogP contribution in [0.1, 0.15) is 16.8 Å². The number of anilines is 1. The number of imidazole rings is 1. The molecule has 3 aromatic carbocycles. The summed E-state index contributed by atoms with van der Waals surface area (Å²) in [5, 5.41) is 2.58. The predicted octanol–water partition coefficient (Wildman–Crippen LogP) is 5.52. The van der Waals surface area contributed by atoms with Gasteiger partial charge in [-0.05, 0) is 41.5 Å². The van der Waals surface area contributed by atoms with Gasteiger partial charge in [-0.2, -0.15) is 0 Å². The van der Waals surface area contributed by atoms with Gasteiger partial charge in [0.05, 0.1) is 11.0 Å². The van der Waals surface area contributed by atoms with Gasteiger partial charge in [0.15, 0.2) is 5.13 Å². The van der Waals surface area contributed by atoms with Gasteiger partial charge in [0.1, 0.15) is 11.3 Å². The van der Waals surface area contributed by atoms with Gasteiger partial charge in [-0.1, -0.05) is 47.7 Å². The van der Waals surface area contributed by atoms with Gasteiger partial charge in [-0.3, -0.25) is 9.69 Å². The van der Waals surface area contributed by atoms with Crippen LogP contribution in [0.4, 0.5) is 9.52 Å². The number of thiazole rings is 1. The molecule has 5 rings (SSSR count). The van der Waals surface area contributed by atoms with Crippen LogP contribution in [0.2, 0.25) is 0 Å². The van der Waals surface area contributed by atoms with Gasteiger partial charge >= 0.3 is 0 Å². The molecule has 154 valence electrons. The first-order chi connectivity index (χ1) is 15.2. The Hall–Kier alpha value is -3.58. The number of fused-ring (bicyclic) bond motifs is 2. The number of carbonyl (C=O) groups is 1. The zero-order valence-electron chi connectivity index (χ0n) is 16.6. The normalized spacial score (nSPS) is 11.3. The lowest BCUT2D eigenvalue weighted by Crippen LogP contribution is -2.32. The molecule has 0 fully saturated rings. The molecule has 0 spiro atoms. The largest absolute Gasteiger partial charge is 0.337 e. The number of rotatable bonds is 6. The Morgan fingerprint density at radius 2 is 1.94 bits per heavy atom. The van der Waals surface area contributed by atoms with E-state index in [0.717, 1.165) is 22.0 Å². The summed E-state index contributed by atoms with van der Waals surface area (Å²) in [6.07, 6.45) is 6.09. The van der Waals surface area contributed by atoms with Crippen LogP contribution in [0, 0.1) is 5.82 Å². The zero-order chi connectivity index (χ0) is 21.2. The number of hydrogen-bond acceptors (Lipinski definition) is 4. The molecule has 7 heteroatoms. The quantitative estimate of drug-likeness (QED) is 0.356. The molecule has 0 aliphatic rings. The van der Waals surface area contributed by atoms with Crippen molar-refractivity contribution in [3.05, 3.63) is 90.8 Å². The minimum atomic E-state index is -0.378. The van der Waals surface area contributed by atoms with Crippen LogP contribution in [0.25, 0.3) is 21.0 Å². The summed E-state index contributed by atoms with van der Waals surface area (Å²) in [7, 11) is 0. The molecular weight excluding hydrogens is 411 g/mol. The molecular formula is C24H19FN4OS. The summed E-state index contributed by atoms with van der Waals surface area (Å²) >= 11 is 1.33. The third-order valence-corrected chi connectivity index (χ3v) is 6.23. The van der Waals surface area contributed by atoms with Crippen molar-refractivity contribution >= 4 is 43.4 Å². The van der Waals surface area contributed by atoms with Crippen molar-refractivity contribution in [2.24, 2.45) is 0 Å². The Morgan fingerprint density at radius 1 is 1.06 bits per heavy atom.